The van der Waals surface area contributed by atoms with Crippen molar-refractivity contribution in [2.24, 2.45) is 23.2 Å². The first-order valence-corrected chi connectivity index (χ1v) is 15.2. The molecule has 9 heteroatoms. The molecule has 7 nitrogen and oxygen atoms in total. The Hall–Kier alpha value is -2.71. The first-order chi connectivity index (χ1) is 19.5. The van der Waals surface area contributed by atoms with E-state index >= 15 is 0 Å². The molecule has 1 saturated carbocycles. The first kappa shape index (κ1) is 29.8. The van der Waals surface area contributed by atoms with Crippen LogP contribution in [0.25, 0.3) is 11.3 Å². The molecule has 2 heterocycles. The lowest BCUT2D eigenvalue weighted by Gasteiger charge is -2.57. The van der Waals surface area contributed by atoms with Gasteiger partial charge >= 0.3 is 0 Å². The van der Waals surface area contributed by atoms with Gasteiger partial charge in [-0.2, -0.15) is 0 Å². The Morgan fingerprint density at radius 1 is 1.22 bits per heavy atom. The summed E-state index contributed by atoms with van der Waals surface area (Å²) < 4.78 is 20.4. The van der Waals surface area contributed by atoms with Crippen molar-refractivity contribution in [2.45, 2.75) is 53.9 Å². The van der Waals surface area contributed by atoms with Gasteiger partial charge in [-0.05, 0) is 55.1 Å². The van der Waals surface area contributed by atoms with Gasteiger partial charge < -0.3 is 14.3 Å². The van der Waals surface area contributed by atoms with E-state index in [-0.39, 0.29) is 39.1 Å². The van der Waals surface area contributed by atoms with Crippen molar-refractivity contribution in [3.8, 4) is 11.3 Å². The quantitative estimate of drug-likeness (QED) is 0.335. The van der Waals surface area contributed by atoms with E-state index in [1.54, 1.807) is 13.0 Å². The number of aromatic nitrogens is 1. The minimum Gasteiger partial charge on any atom is -0.360 e. The zero-order valence-electron chi connectivity index (χ0n) is 24.9. The molecule has 1 aliphatic heterocycles. The molecular formula is C32H42ClFN4O3. The maximum atomic E-state index is 14.9. The molecule has 0 radical (unpaired) electrons. The Balaban J connectivity index is 1.36. The zero-order valence-corrected chi connectivity index (χ0v) is 25.6. The van der Waals surface area contributed by atoms with Crippen molar-refractivity contribution in [2.75, 3.05) is 45.8 Å². The average molecular weight is 585 g/mol. The van der Waals surface area contributed by atoms with Crippen molar-refractivity contribution < 1.29 is 18.5 Å². The molecule has 0 spiro atoms. The molecule has 4 aliphatic rings. The Kier molecular flexibility index (Phi) is 8.63. The summed E-state index contributed by atoms with van der Waals surface area (Å²) in [7, 11) is 0. The van der Waals surface area contributed by atoms with Crippen LogP contribution in [0.2, 0.25) is 5.02 Å². The molecule has 3 aliphatic carbocycles. The van der Waals surface area contributed by atoms with E-state index in [0.29, 0.717) is 62.7 Å². The fraction of sp³-hybridized carbons (Fsp3) is 0.594. The number of allylic oxidation sites excluding steroid dienone is 1. The van der Waals surface area contributed by atoms with E-state index in [9.17, 15) is 14.0 Å². The highest BCUT2D eigenvalue weighted by Crippen LogP contribution is 2.59. The van der Waals surface area contributed by atoms with Gasteiger partial charge in [0, 0.05) is 52.2 Å². The summed E-state index contributed by atoms with van der Waals surface area (Å²) >= 11 is 6.38. The number of halogens is 2. The highest BCUT2D eigenvalue weighted by atomic mass is 35.5. The van der Waals surface area contributed by atoms with Gasteiger partial charge in [-0.25, -0.2) is 4.39 Å². The van der Waals surface area contributed by atoms with Gasteiger partial charge in [-0.3, -0.25) is 14.5 Å². The van der Waals surface area contributed by atoms with Crippen molar-refractivity contribution in [1.29, 1.82) is 0 Å². The molecule has 2 unspecified atom stereocenters. The fourth-order valence-corrected chi connectivity index (χ4v) is 7.02. The topological polar surface area (TPSA) is 69.9 Å². The van der Waals surface area contributed by atoms with Crippen molar-refractivity contribution in [3.63, 3.8) is 0 Å². The second-order valence-corrected chi connectivity index (χ2v) is 13.3. The number of rotatable bonds is 9. The fourth-order valence-electron chi connectivity index (χ4n) is 6.77. The van der Waals surface area contributed by atoms with Crippen LogP contribution in [-0.2, 0) is 4.79 Å². The molecule has 2 atom stereocenters. The van der Waals surface area contributed by atoms with Crippen LogP contribution >= 0.6 is 11.6 Å². The Morgan fingerprint density at radius 2 is 1.95 bits per heavy atom. The minimum atomic E-state index is -0.548. The van der Waals surface area contributed by atoms with Gasteiger partial charge in [-0.1, -0.05) is 62.2 Å². The van der Waals surface area contributed by atoms with Crippen molar-refractivity contribution in [3.05, 3.63) is 52.0 Å². The van der Waals surface area contributed by atoms with E-state index in [2.05, 4.69) is 43.8 Å². The van der Waals surface area contributed by atoms with Crippen LogP contribution in [-0.4, -0.2) is 77.5 Å². The number of carbonyl (C=O) groups excluding carboxylic acids is 2. The number of hydrogen-bond acceptors (Lipinski definition) is 5. The van der Waals surface area contributed by atoms with E-state index in [1.165, 1.54) is 17.7 Å². The Bertz CT molecular complexity index is 1310. The van der Waals surface area contributed by atoms with Crippen LogP contribution in [0.5, 0.6) is 0 Å². The summed E-state index contributed by atoms with van der Waals surface area (Å²) in [4.78, 5) is 32.9. The third kappa shape index (κ3) is 5.96. The predicted octanol–water partition coefficient (Wildman–Crippen LogP) is 6.07. The number of benzene rings is 1. The predicted molar refractivity (Wildman–Crippen MR) is 158 cm³/mol. The number of carbonyl (C=O) groups is 2. The number of fused-ring (bicyclic) bond motifs is 1. The van der Waals surface area contributed by atoms with Crippen LogP contribution in [0.3, 0.4) is 0 Å². The summed E-state index contributed by atoms with van der Waals surface area (Å²) in [6.07, 6.45) is 5.09. The van der Waals surface area contributed by atoms with E-state index in [4.69, 9.17) is 16.1 Å². The van der Waals surface area contributed by atoms with Gasteiger partial charge in [0.25, 0.3) is 5.91 Å². The largest absolute Gasteiger partial charge is 0.360 e. The van der Waals surface area contributed by atoms with Gasteiger partial charge in [0.1, 0.15) is 22.8 Å². The molecule has 1 aromatic carbocycles. The summed E-state index contributed by atoms with van der Waals surface area (Å²) in [5.41, 5.74) is 2.00. The highest BCUT2D eigenvalue weighted by molar-refractivity contribution is 6.33. The standard InChI is InChI=1S/C32H42ClFN4O3/c1-20(2)17-27(39)37-14-11-36(12-15-37)13-16-38(19-22-9-10-23-18-24(22)32(23,4)5)31(40)28-21(3)41-35-30(28)29-25(33)7-6-8-26(29)34/h6-9,20,23-24H,10-19H2,1-5H3. The van der Waals surface area contributed by atoms with E-state index in [1.807, 2.05) is 9.80 Å². The van der Waals surface area contributed by atoms with Gasteiger partial charge in [0.05, 0.1) is 10.6 Å². The summed E-state index contributed by atoms with van der Waals surface area (Å²) in [6.45, 7) is 15.1. The van der Waals surface area contributed by atoms with Gasteiger partial charge in [0.2, 0.25) is 5.91 Å². The lowest BCUT2D eigenvalue weighted by Crippen LogP contribution is -2.52. The SMILES string of the molecule is Cc1onc(-c2c(F)cccc2Cl)c1C(=O)N(CCN1CCN(C(=O)CC(C)C)CC1)CC1=CCC2CC1C2(C)C. The minimum absolute atomic E-state index is 0.0800. The number of amides is 2. The molecule has 2 aromatic rings. The van der Waals surface area contributed by atoms with E-state index in [0.717, 1.165) is 25.9 Å². The third-order valence-corrected chi connectivity index (χ3v) is 9.83. The molecule has 1 saturated heterocycles. The molecule has 1 aromatic heterocycles. The highest BCUT2D eigenvalue weighted by Gasteiger charge is 2.51. The maximum absolute atomic E-state index is 14.9. The van der Waals surface area contributed by atoms with Gasteiger partial charge in [0.15, 0.2) is 0 Å². The smallest absolute Gasteiger partial charge is 0.260 e. The Morgan fingerprint density at radius 3 is 2.59 bits per heavy atom. The summed E-state index contributed by atoms with van der Waals surface area (Å²) in [5.74, 6) is 1.27. The summed E-state index contributed by atoms with van der Waals surface area (Å²) in [6, 6.07) is 4.43. The lowest BCUT2D eigenvalue weighted by atomic mass is 9.49. The maximum Gasteiger partial charge on any atom is 0.260 e. The molecule has 222 valence electrons. The number of hydrogen-bond donors (Lipinski definition) is 0. The van der Waals surface area contributed by atoms with Crippen LogP contribution in [0, 0.1) is 35.9 Å². The molecule has 6 rings (SSSR count). The molecular weight excluding hydrogens is 543 g/mol. The summed E-state index contributed by atoms with van der Waals surface area (Å²) in [5, 5.41) is 4.27. The Labute approximate surface area is 247 Å². The second-order valence-electron chi connectivity index (χ2n) is 12.9. The van der Waals surface area contributed by atoms with Crippen molar-refractivity contribution >= 4 is 23.4 Å². The molecule has 2 amide bonds. The third-order valence-electron chi connectivity index (χ3n) is 9.51. The van der Waals surface area contributed by atoms with Crippen LogP contribution in [0.1, 0.15) is 63.1 Å². The average Bonchev–Trinajstić information content (AvgIpc) is 3.31. The number of nitrogens with zero attached hydrogens (tertiary/aromatic N) is 4. The zero-order chi connectivity index (χ0) is 29.5. The molecule has 2 fully saturated rings. The lowest BCUT2D eigenvalue weighted by molar-refractivity contribution is -0.133. The molecule has 0 N–H and O–H groups in total. The van der Waals surface area contributed by atoms with Crippen LogP contribution in [0.15, 0.2) is 34.4 Å². The van der Waals surface area contributed by atoms with Crippen LogP contribution < -0.4 is 0 Å². The molecule has 41 heavy (non-hydrogen) atoms. The normalized spacial score (nSPS) is 22.0. The van der Waals surface area contributed by atoms with Crippen LogP contribution in [0.4, 0.5) is 4.39 Å². The van der Waals surface area contributed by atoms with E-state index < -0.39 is 5.82 Å². The monoisotopic (exact) mass is 584 g/mol. The molecule has 2 bridgehead atoms. The first-order valence-electron chi connectivity index (χ1n) is 14.9. The van der Waals surface area contributed by atoms with Crippen molar-refractivity contribution in [1.82, 2.24) is 19.9 Å². The second kappa shape index (κ2) is 11.9. The number of piperazine rings is 1. The van der Waals surface area contributed by atoms with Gasteiger partial charge in [-0.15, -0.1) is 0 Å². The number of aryl methyl sites for hydroxylation is 1.